The van der Waals surface area contributed by atoms with Crippen molar-refractivity contribution in [3.05, 3.63) is 23.3 Å². The molecule has 17 heavy (non-hydrogen) atoms. The number of hydrogen-bond acceptors (Lipinski definition) is 4. The van der Waals surface area contributed by atoms with Crippen LogP contribution in [0.1, 0.15) is 11.1 Å². The van der Waals surface area contributed by atoms with Gasteiger partial charge in [-0.15, -0.1) is 0 Å². The van der Waals surface area contributed by atoms with Gasteiger partial charge in [0.2, 0.25) is 0 Å². The largest absolute Gasteiger partial charge is 0.496 e. The van der Waals surface area contributed by atoms with Crippen LogP contribution in [0.25, 0.3) is 0 Å². The van der Waals surface area contributed by atoms with E-state index in [0.29, 0.717) is 0 Å². The number of hydrogen-bond donors (Lipinski definition) is 1. The lowest BCUT2D eigenvalue weighted by Crippen LogP contribution is -2.39. The fourth-order valence-electron chi connectivity index (χ4n) is 1.87. The molecule has 0 spiro atoms. The number of aryl methyl sites for hydroxylation is 2. The van der Waals surface area contributed by atoms with Crippen molar-refractivity contribution in [1.29, 1.82) is 0 Å². The monoisotopic (exact) mass is 252 g/mol. The normalized spacial score (nSPS) is 17.1. The highest BCUT2D eigenvalue weighted by atomic mass is 32.2. The van der Waals surface area contributed by atoms with Crippen LogP contribution < -0.4 is 10.1 Å². The molecule has 1 heterocycles. The molecule has 1 aliphatic rings. The standard InChI is InChI=1S/C13H20N2OS/c1-10-8-12(16-3)13(9-11(10)2)17-15-6-4-14-5-7-15/h8-9,14H,4-7H2,1-3H3. The molecule has 0 radical (unpaired) electrons. The topological polar surface area (TPSA) is 24.5 Å². The maximum Gasteiger partial charge on any atom is 0.134 e. The SMILES string of the molecule is COc1cc(C)c(C)cc1SN1CCNCC1. The van der Waals surface area contributed by atoms with Gasteiger partial charge in [0.1, 0.15) is 5.75 Å². The zero-order chi connectivity index (χ0) is 12.3. The van der Waals surface area contributed by atoms with Crippen molar-refractivity contribution in [2.24, 2.45) is 0 Å². The van der Waals surface area contributed by atoms with E-state index in [-0.39, 0.29) is 0 Å². The molecule has 3 nitrogen and oxygen atoms in total. The molecule has 94 valence electrons. The summed E-state index contributed by atoms with van der Waals surface area (Å²) in [4.78, 5) is 1.22. The van der Waals surface area contributed by atoms with Crippen molar-refractivity contribution in [2.75, 3.05) is 33.3 Å². The minimum atomic E-state index is 0.983. The Morgan fingerprint density at radius 2 is 1.82 bits per heavy atom. The third-order valence-corrected chi connectivity index (χ3v) is 4.22. The Labute approximate surface area is 108 Å². The Bertz CT molecular complexity index is 389. The first kappa shape index (κ1) is 12.7. The summed E-state index contributed by atoms with van der Waals surface area (Å²) >= 11 is 1.81. The molecule has 0 aliphatic carbocycles. The fraction of sp³-hybridized carbons (Fsp3) is 0.538. The van der Waals surface area contributed by atoms with Crippen LogP contribution in [-0.4, -0.2) is 37.6 Å². The molecule has 2 rings (SSSR count). The van der Waals surface area contributed by atoms with Gasteiger partial charge in [-0.3, -0.25) is 0 Å². The molecule has 0 saturated carbocycles. The second-order valence-corrected chi connectivity index (χ2v) is 5.50. The van der Waals surface area contributed by atoms with Crippen LogP contribution in [-0.2, 0) is 0 Å². The zero-order valence-corrected chi connectivity index (χ0v) is 11.6. The fourth-order valence-corrected chi connectivity index (χ4v) is 2.97. The van der Waals surface area contributed by atoms with Gasteiger partial charge >= 0.3 is 0 Å². The summed E-state index contributed by atoms with van der Waals surface area (Å²) in [5.41, 5.74) is 2.61. The van der Waals surface area contributed by atoms with E-state index in [4.69, 9.17) is 4.74 Å². The second kappa shape index (κ2) is 5.76. The highest BCUT2D eigenvalue weighted by molar-refractivity contribution is 7.97. The first-order chi connectivity index (χ1) is 8.20. The van der Waals surface area contributed by atoms with Gasteiger partial charge in [0.25, 0.3) is 0 Å². The summed E-state index contributed by atoms with van der Waals surface area (Å²) in [5, 5.41) is 3.36. The third-order valence-electron chi connectivity index (χ3n) is 3.08. The minimum absolute atomic E-state index is 0.983. The van der Waals surface area contributed by atoms with Gasteiger partial charge in [-0.25, -0.2) is 4.31 Å². The van der Waals surface area contributed by atoms with Crippen LogP contribution in [0.15, 0.2) is 17.0 Å². The van der Waals surface area contributed by atoms with Gasteiger partial charge < -0.3 is 10.1 Å². The highest BCUT2D eigenvalue weighted by Gasteiger charge is 2.14. The summed E-state index contributed by atoms with van der Waals surface area (Å²) in [6.45, 7) is 8.58. The van der Waals surface area contributed by atoms with E-state index < -0.39 is 0 Å². The van der Waals surface area contributed by atoms with Crippen molar-refractivity contribution in [2.45, 2.75) is 18.7 Å². The maximum absolute atomic E-state index is 5.46. The van der Waals surface area contributed by atoms with Crippen molar-refractivity contribution < 1.29 is 4.74 Å². The predicted molar refractivity (Wildman–Crippen MR) is 72.8 cm³/mol. The molecule has 0 bridgehead atoms. The summed E-state index contributed by atoms with van der Waals surface area (Å²) in [6, 6.07) is 4.35. The van der Waals surface area contributed by atoms with Crippen LogP contribution in [0.5, 0.6) is 5.75 Å². The Kier molecular flexibility index (Phi) is 4.31. The number of ether oxygens (including phenoxy) is 1. The second-order valence-electron chi connectivity index (χ2n) is 4.36. The zero-order valence-electron chi connectivity index (χ0n) is 10.7. The number of nitrogens with zero attached hydrogens (tertiary/aromatic N) is 1. The van der Waals surface area contributed by atoms with Crippen molar-refractivity contribution >= 4 is 11.9 Å². The van der Waals surface area contributed by atoms with E-state index in [1.165, 1.54) is 16.0 Å². The van der Waals surface area contributed by atoms with E-state index in [1.54, 1.807) is 19.1 Å². The van der Waals surface area contributed by atoms with Gasteiger partial charge in [0, 0.05) is 26.2 Å². The Hall–Kier alpha value is -0.710. The van der Waals surface area contributed by atoms with Gasteiger partial charge in [-0.05, 0) is 49.1 Å². The lowest BCUT2D eigenvalue weighted by atomic mass is 10.1. The molecule has 1 aromatic rings. The Morgan fingerprint density at radius 3 is 2.47 bits per heavy atom. The van der Waals surface area contributed by atoms with Crippen molar-refractivity contribution in [1.82, 2.24) is 9.62 Å². The number of benzene rings is 1. The maximum atomic E-state index is 5.46. The smallest absolute Gasteiger partial charge is 0.134 e. The summed E-state index contributed by atoms with van der Waals surface area (Å²) in [7, 11) is 1.74. The molecular formula is C13H20N2OS. The number of nitrogens with one attached hydrogen (secondary N) is 1. The third kappa shape index (κ3) is 3.15. The molecular weight excluding hydrogens is 232 g/mol. The van der Waals surface area contributed by atoms with Gasteiger partial charge in [-0.2, -0.15) is 0 Å². The lowest BCUT2D eigenvalue weighted by molar-refractivity contribution is 0.389. The van der Waals surface area contributed by atoms with Crippen LogP contribution in [0.2, 0.25) is 0 Å². The van der Waals surface area contributed by atoms with E-state index in [0.717, 1.165) is 31.9 Å². The quantitative estimate of drug-likeness (QED) is 0.834. The summed E-state index contributed by atoms with van der Waals surface area (Å²) in [5.74, 6) is 0.983. The molecule has 1 fully saturated rings. The van der Waals surface area contributed by atoms with E-state index in [9.17, 15) is 0 Å². The van der Waals surface area contributed by atoms with Gasteiger partial charge in [-0.1, -0.05) is 0 Å². The first-order valence-corrected chi connectivity index (χ1v) is 6.77. The van der Waals surface area contributed by atoms with E-state index >= 15 is 0 Å². The van der Waals surface area contributed by atoms with Gasteiger partial charge in [0.15, 0.2) is 0 Å². The van der Waals surface area contributed by atoms with Crippen LogP contribution >= 0.6 is 11.9 Å². The molecule has 1 aromatic carbocycles. The molecule has 1 N–H and O–H groups in total. The summed E-state index contributed by atoms with van der Waals surface area (Å²) < 4.78 is 7.85. The van der Waals surface area contributed by atoms with E-state index in [1.807, 2.05) is 0 Å². The average Bonchev–Trinajstić information content (AvgIpc) is 2.35. The number of rotatable bonds is 3. The van der Waals surface area contributed by atoms with Crippen LogP contribution in [0.4, 0.5) is 0 Å². The molecule has 0 aromatic heterocycles. The average molecular weight is 252 g/mol. The minimum Gasteiger partial charge on any atom is -0.496 e. The molecule has 0 unspecified atom stereocenters. The Morgan fingerprint density at radius 1 is 1.18 bits per heavy atom. The van der Waals surface area contributed by atoms with Crippen molar-refractivity contribution in [3.8, 4) is 5.75 Å². The van der Waals surface area contributed by atoms with E-state index in [2.05, 4.69) is 35.6 Å². The number of methoxy groups -OCH3 is 1. The van der Waals surface area contributed by atoms with Crippen molar-refractivity contribution in [3.63, 3.8) is 0 Å². The molecule has 0 atom stereocenters. The summed E-state index contributed by atoms with van der Waals surface area (Å²) in [6.07, 6.45) is 0. The first-order valence-electron chi connectivity index (χ1n) is 5.99. The molecule has 0 amide bonds. The van der Waals surface area contributed by atoms with Crippen LogP contribution in [0.3, 0.4) is 0 Å². The lowest BCUT2D eigenvalue weighted by Gasteiger charge is -2.26. The Balaban J connectivity index is 2.15. The predicted octanol–water partition coefficient (Wildman–Crippen LogP) is 2.22. The molecule has 1 saturated heterocycles. The molecule has 1 aliphatic heterocycles. The highest BCUT2D eigenvalue weighted by Crippen LogP contribution is 2.34. The molecule has 4 heteroatoms. The number of piperazine rings is 1. The van der Waals surface area contributed by atoms with Gasteiger partial charge in [0.05, 0.1) is 12.0 Å². The van der Waals surface area contributed by atoms with Crippen LogP contribution in [0, 0.1) is 13.8 Å².